The summed E-state index contributed by atoms with van der Waals surface area (Å²) in [6, 6.07) is 3.53. The summed E-state index contributed by atoms with van der Waals surface area (Å²) in [7, 11) is 0. The Hall–Kier alpha value is -0.960. The van der Waals surface area contributed by atoms with Gasteiger partial charge in [-0.15, -0.1) is 0 Å². The van der Waals surface area contributed by atoms with Crippen molar-refractivity contribution in [2.75, 3.05) is 0 Å². The summed E-state index contributed by atoms with van der Waals surface area (Å²) in [6.07, 6.45) is 5.63. The normalized spacial score (nSPS) is 17.2. The van der Waals surface area contributed by atoms with E-state index in [1.54, 1.807) is 12.1 Å². The molecule has 86 valence electrons. The average molecular weight is 286 g/mol. The van der Waals surface area contributed by atoms with Crippen LogP contribution in [0.25, 0.3) is 0 Å². The van der Waals surface area contributed by atoms with Gasteiger partial charge in [0, 0.05) is 21.8 Å². The van der Waals surface area contributed by atoms with Crippen LogP contribution in [-0.4, -0.2) is 10.7 Å². The predicted octanol–water partition coefficient (Wildman–Crippen LogP) is 4.49. The fourth-order valence-electron chi connectivity index (χ4n) is 1.89. The van der Waals surface area contributed by atoms with Crippen molar-refractivity contribution in [3.63, 3.8) is 0 Å². The van der Waals surface area contributed by atoms with E-state index in [2.05, 4.69) is 4.99 Å². The maximum absolute atomic E-state index is 6.16. The third kappa shape index (κ3) is 1.86. The molecule has 0 fully saturated rings. The maximum atomic E-state index is 6.16. The van der Waals surface area contributed by atoms with Gasteiger partial charge in [-0.05, 0) is 24.3 Å². The number of halogens is 3. The highest BCUT2D eigenvalue weighted by molar-refractivity contribution is 6.44. The summed E-state index contributed by atoms with van der Waals surface area (Å²) in [6.45, 7) is 0.657. The fourth-order valence-corrected chi connectivity index (χ4v) is 2.66. The van der Waals surface area contributed by atoms with E-state index in [1.165, 1.54) is 0 Å². The molecule has 2 aliphatic heterocycles. The van der Waals surface area contributed by atoms with E-state index in [0.29, 0.717) is 21.6 Å². The number of nitrogens with zero attached hydrogens (tertiary/aromatic N) is 2. The first-order valence-electron chi connectivity index (χ1n) is 5.03. The largest absolute Gasteiger partial charge is 0.327 e. The lowest BCUT2D eigenvalue weighted by Gasteiger charge is -2.29. The number of hydrogen-bond donors (Lipinski definition) is 0. The van der Waals surface area contributed by atoms with Gasteiger partial charge in [0.1, 0.15) is 0 Å². The molecule has 0 unspecified atom stereocenters. The Labute approximate surface area is 114 Å². The van der Waals surface area contributed by atoms with Crippen LogP contribution < -0.4 is 0 Å². The quantitative estimate of drug-likeness (QED) is 0.686. The van der Waals surface area contributed by atoms with Gasteiger partial charge in [-0.2, -0.15) is 0 Å². The van der Waals surface area contributed by atoms with Crippen molar-refractivity contribution in [2.24, 2.45) is 4.99 Å². The summed E-state index contributed by atoms with van der Waals surface area (Å²) in [5.74, 6) is 0.736. The topological polar surface area (TPSA) is 15.6 Å². The smallest absolute Gasteiger partial charge is 0.152 e. The molecule has 0 atom stereocenters. The van der Waals surface area contributed by atoms with Gasteiger partial charge < -0.3 is 4.90 Å². The Morgan fingerprint density at radius 3 is 2.82 bits per heavy atom. The molecular weight excluding hydrogens is 279 g/mol. The van der Waals surface area contributed by atoms with Gasteiger partial charge in [0.05, 0.1) is 17.3 Å². The summed E-state index contributed by atoms with van der Waals surface area (Å²) in [5.41, 5.74) is 1.76. The van der Waals surface area contributed by atoms with Crippen LogP contribution in [0.5, 0.6) is 0 Å². The van der Waals surface area contributed by atoms with E-state index in [0.717, 1.165) is 17.1 Å². The van der Waals surface area contributed by atoms with Crippen molar-refractivity contribution in [3.8, 4) is 0 Å². The van der Waals surface area contributed by atoms with Crippen LogP contribution in [0.15, 0.2) is 40.5 Å². The Morgan fingerprint density at radius 2 is 2.00 bits per heavy atom. The van der Waals surface area contributed by atoms with Crippen LogP contribution >= 0.6 is 34.8 Å². The molecule has 0 N–H and O–H groups in total. The second-order valence-electron chi connectivity index (χ2n) is 3.80. The highest BCUT2D eigenvalue weighted by Gasteiger charge is 2.23. The molecule has 17 heavy (non-hydrogen) atoms. The highest BCUT2D eigenvalue weighted by Crippen LogP contribution is 2.37. The molecule has 2 aliphatic rings. The van der Waals surface area contributed by atoms with Gasteiger partial charge in [0.15, 0.2) is 5.84 Å². The number of benzene rings is 1. The van der Waals surface area contributed by atoms with Crippen LogP contribution in [0, 0.1) is 0 Å². The van der Waals surface area contributed by atoms with Crippen LogP contribution in [0.4, 0.5) is 5.69 Å². The molecule has 1 aromatic carbocycles. The van der Waals surface area contributed by atoms with Crippen molar-refractivity contribution in [1.82, 2.24) is 4.90 Å². The van der Waals surface area contributed by atoms with Crippen LogP contribution in [0.2, 0.25) is 10.0 Å². The number of aliphatic imine (C=N–C) groups is 1. The van der Waals surface area contributed by atoms with Crippen LogP contribution in [-0.2, 0) is 6.54 Å². The highest BCUT2D eigenvalue weighted by atomic mass is 35.5. The van der Waals surface area contributed by atoms with Gasteiger partial charge in [0.2, 0.25) is 0 Å². The van der Waals surface area contributed by atoms with Crippen molar-refractivity contribution < 1.29 is 0 Å². The van der Waals surface area contributed by atoms with E-state index < -0.39 is 0 Å². The van der Waals surface area contributed by atoms with E-state index in [4.69, 9.17) is 34.8 Å². The lowest BCUT2D eigenvalue weighted by atomic mass is 10.1. The Balaban J connectivity index is 2.19. The zero-order chi connectivity index (χ0) is 12.0. The molecule has 0 spiro atoms. The van der Waals surface area contributed by atoms with E-state index >= 15 is 0 Å². The molecule has 0 saturated heterocycles. The summed E-state index contributed by atoms with van der Waals surface area (Å²) < 4.78 is 0. The van der Waals surface area contributed by atoms with Crippen molar-refractivity contribution in [1.29, 1.82) is 0 Å². The van der Waals surface area contributed by atoms with E-state index in [1.807, 2.05) is 23.3 Å². The first-order chi connectivity index (χ1) is 8.15. The molecule has 0 amide bonds. The van der Waals surface area contributed by atoms with Crippen LogP contribution in [0.3, 0.4) is 0 Å². The van der Waals surface area contributed by atoms with Gasteiger partial charge in [-0.1, -0.05) is 34.8 Å². The molecule has 5 heteroatoms. The monoisotopic (exact) mass is 284 g/mol. The van der Waals surface area contributed by atoms with E-state index in [9.17, 15) is 0 Å². The summed E-state index contributed by atoms with van der Waals surface area (Å²) in [4.78, 5) is 6.46. The molecule has 2 heterocycles. The molecule has 2 nitrogen and oxygen atoms in total. The molecule has 0 saturated carbocycles. The molecule has 1 aromatic rings. The first-order valence-corrected chi connectivity index (χ1v) is 6.16. The van der Waals surface area contributed by atoms with Gasteiger partial charge in [-0.25, -0.2) is 4.99 Å². The van der Waals surface area contributed by atoms with E-state index in [-0.39, 0.29) is 0 Å². The molecule has 0 aliphatic carbocycles. The summed E-state index contributed by atoms with van der Waals surface area (Å²) in [5, 5.41) is 1.83. The molecule has 0 aromatic heterocycles. The van der Waals surface area contributed by atoms with Gasteiger partial charge in [0.25, 0.3) is 0 Å². The third-order valence-electron chi connectivity index (χ3n) is 2.69. The van der Waals surface area contributed by atoms with Crippen molar-refractivity contribution in [2.45, 2.75) is 6.54 Å². The van der Waals surface area contributed by atoms with Gasteiger partial charge >= 0.3 is 0 Å². The molecular formula is C12H7Cl3N2. The van der Waals surface area contributed by atoms with Crippen molar-refractivity contribution in [3.05, 3.63) is 51.1 Å². The second kappa shape index (κ2) is 4.05. The lowest BCUT2D eigenvalue weighted by molar-refractivity contribution is 0.543. The zero-order valence-corrected chi connectivity index (χ0v) is 10.9. The number of rotatable bonds is 0. The standard InChI is InChI=1S/C12H7Cl3N2/c13-7-4-10(15)8-6-17-3-1-2-9(14)12(17)16-11(8)5-7/h1-5H,6H2. The number of fused-ring (bicyclic) bond motifs is 2. The Bertz CT molecular complexity index is 588. The molecule has 0 bridgehead atoms. The van der Waals surface area contributed by atoms with Crippen molar-refractivity contribution >= 4 is 46.3 Å². The lowest BCUT2D eigenvalue weighted by Crippen LogP contribution is -2.29. The minimum atomic E-state index is 0.581. The summed E-state index contributed by atoms with van der Waals surface area (Å²) >= 11 is 18.2. The number of allylic oxidation sites excluding steroid dienone is 2. The zero-order valence-electron chi connectivity index (χ0n) is 8.62. The number of amidine groups is 1. The fraction of sp³-hybridized carbons (Fsp3) is 0.0833. The number of hydrogen-bond acceptors (Lipinski definition) is 2. The Kier molecular flexibility index (Phi) is 2.66. The minimum Gasteiger partial charge on any atom is -0.327 e. The molecule has 3 rings (SSSR count). The first kappa shape index (κ1) is 11.1. The Morgan fingerprint density at radius 1 is 1.18 bits per heavy atom. The van der Waals surface area contributed by atoms with Gasteiger partial charge in [-0.3, -0.25) is 0 Å². The second-order valence-corrected chi connectivity index (χ2v) is 5.06. The predicted molar refractivity (Wildman–Crippen MR) is 72.2 cm³/mol. The molecule has 0 radical (unpaired) electrons. The maximum Gasteiger partial charge on any atom is 0.152 e. The minimum absolute atomic E-state index is 0.581. The third-order valence-corrected chi connectivity index (χ3v) is 3.54. The average Bonchev–Trinajstić information content (AvgIpc) is 2.28. The van der Waals surface area contributed by atoms with Crippen LogP contribution in [0.1, 0.15) is 5.56 Å². The SMILES string of the molecule is ClC1=CC=CN2Cc3c(Cl)cc(Cl)cc3N=C12.